The van der Waals surface area contributed by atoms with Crippen LogP contribution in [0.3, 0.4) is 0 Å². The highest BCUT2D eigenvalue weighted by atomic mass is 16.6. The van der Waals surface area contributed by atoms with Crippen molar-refractivity contribution in [2.75, 3.05) is 18.0 Å². The zero-order valence-corrected chi connectivity index (χ0v) is 12.7. The van der Waals surface area contributed by atoms with Crippen molar-refractivity contribution in [3.05, 3.63) is 38.9 Å². The van der Waals surface area contributed by atoms with Gasteiger partial charge in [0.05, 0.1) is 5.69 Å². The molecule has 0 fully saturated rings. The summed E-state index contributed by atoms with van der Waals surface area (Å²) < 4.78 is 0. The first-order valence-electron chi connectivity index (χ1n) is 7.56. The lowest BCUT2D eigenvalue weighted by atomic mass is 9.99. The Kier molecular flexibility index (Phi) is 4.94. The van der Waals surface area contributed by atoms with Crippen LogP contribution in [-0.2, 0) is 12.8 Å². The molecule has 1 aliphatic rings. The standard InChI is InChI=1S/C16H22N2O3/c1-3-4-6-17-7-5-14-9-13(8-12(2)18(20)21)10-15(11-19)16(14)17/h9-12H,3-8H2,1-2H3. The summed E-state index contributed by atoms with van der Waals surface area (Å²) in [6, 6.07) is 3.23. The first kappa shape index (κ1) is 15.5. The van der Waals surface area contributed by atoms with E-state index >= 15 is 0 Å². The predicted molar refractivity (Wildman–Crippen MR) is 82.8 cm³/mol. The smallest absolute Gasteiger partial charge is 0.214 e. The zero-order chi connectivity index (χ0) is 15.4. The number of carbonyl (C=O) groups is 1. The molecule has 5 nitrogen and oxygen atoms in total. The molecule has 1 unspecified atom stereocenters. The average molecular weight is 290 g/mol. The predicted octanol–water partition coefficient (Wildman–Crippen LogP) is 2.87. The molecule has 2 rings (SSSR count). The Balaban J connectivity index is 2.27. The van der Waals surface area contributed by atoms with Crippen LogP contribution in [0.15, 0.2) is 12.1 Å². The average Bonchev–Trinajstić information content (AvgIpc) is 2.87. The van der Waals surface area contributed by atoms with Gasteiger partial charge in [0.2, 0.25) is 6.04 Å². The van der Waals surface area contributed by atoms with Crippen molar-refractivity contribution in [1.82, 2.24) is 0 Å². The van der Waals surface area contributed by atoms with Crippen molar-refractivity contribution >= 4 is 12.0 Å². The Bertz CT molecular complexity index is 543. The van der Waals surface area contributed by atoms with Crippen molar-refractivity contribution in [3.8, 4) is 0 Å². The van der Waals surface area contributed by atoms with Crippen LogP contribution >= 0.6 is 0 Å². The van der Waals surface area contributed by atoms with Gasteiger partial charge in [-0.3, -0.25) is 14.9 Å². The highest BCUT2D eigenvalue weighted by molar-refractivity contribution is 5.87. The van der Waals surface area contributed by atoms with E-state index in [1.54, 1.807) is 6.92 Å². The molecule has 0 aliphatic carbocycles. The largest absolute Gasteiger partial charge is 0.370 e. The van der Waals surface area contributed by atoms with E-state index in [1.165, 1.54) is 0 Å². The Morgan fingerprint density at radius 1 is 1.48 bits per heavy atom. The summed E-state index contributed by atoms with van der Waals surface area (Å²) in [7, 11) is 0. The zero-order valence-electron chi connectivity index (χ0n) is 12.7. The molecule has 1 aromatic rings. The van der Waals surface area contributed by atoms with E-state index in [1.807, 2.05) is 12.1 Å². The third kappa shape index (κ3) is 3.40. The van der Waals surface area contributed by atoms with Crippen molar-refractivity contribution in [2.24, 2.45) is 0 Å². The highest BCUT2D eigenvalue weighted by Crippen LogP contribution is 2.33. The Hall–Kier alpha value is -1.91. The van der Waals surface area contributed by atoms with Crippen molar-refractivity contribution in [1.29, 1.82) is 0 Å². The topological polar surface area (TPSA) is 63.4 Å². The summed E-state index contributed by atoms with van der Waals surface area (Å²) in [6.07, 6.45) is 4.40. The third-order valence-electron chi connectivity index (χ3n) is 4.04. The number of hydrogen-bond donors (Lipinski definition) is 0. The first-order valence-corrected chi connectivity index (χ1v) is 7.56. The second-order valence-electron chi connectivity index (χ2n) is 5.74. The Morgan fingerprint density at radius 3 is 2.86 bits per heavy atom. The number of rotatable bonds is 7. The summed E-state index contributed by atoms with van der Waals surface area (Å²) in [5.41, 5.74) is 3.75. The SMILES string of the molecule is CCCCN1CCc2cc(CC(C)[N+](=O)[O-])cc(C=O)c21. The maximum Gasteiger partial charge on any atom is 0.214 e. The van der Waals surface area contributed by atoms with Gasteiger partial charge in [-0.05, 0) is 30.0 Å². The minimum Gasteiger partial charge on any atom is -0.370 e. The number of carbonyl (C=O) groups excluding carboxylic acids is 1. The third-order valence-corrected chi connectivity index (χ3v) is 4.04. The summed E-state index contributed by atoms with van der Waals surface area (Å²) >= 11 is 0. The van der Waals surface area contributed by atoms with E-state index in [9.17, 15) is 14.9 Å². The molecule has 21 heavy (non-hydrogen) atoms. The molecule has 0 amide bonds. The van der Waals surface area contributed by atoms with Crippen LogP contribution in [0.1, 0.15) is 48.2 Å². The van der Waals surface area contributed by atoms with E-state index in [-0.39, 0.29) is 4.92 Å². The quantitative estimate of drug-likeness (QED) is 0.440. The molecule has 0 radical (unpaired) electrons. The molecular weight excluding hydrogens is 268 g/mol. The van der Waals surface area contributed by atoms with Crippen LogP contribution in [0.5, 0.6) is 0 Å². The van der Waals surface area contributed by atoms with Gasteiger partial charge in [-0.2, -0.15) is 0 Å². The lowest BCUT2D eigenvalue weighted by Gasteiger charge is -2.21. The minimum absolute atomic E-state index is 0.276. The molecule has 0 saturated heterocycles. The van der Waals surface area contributed by atoms with Crippen LogP contribution in [0, 0.1) is 10.1 Å². The number of benzene rings is 1. The van der Waals surface area contributed by atoms with Gasteiger partial charge in [-0.15, -0.1) is 0 Å². The summed E-state index contributed by atoms with van der Waals surface area (Å²) in [4.78, 5) is 24.2. The highest BCUT2D eigenvalue weighted by Gasteiger charge is 2.24. The number of hydrogen-bond acceptors (Lipinski definition) is 4. The molecule has 1 atom stereocenters. The normalized spacial score (nSPS) is 14.9. The fraction of sp³-hybridized carbons (Fsp3) is 0.562. The monoisotopic (exact) mass is 290 g/mol. The van der Waals surface area contributed by atoms with Gasteiger partial charge < -0.3 is 4.90 Å². The number of anilines is 1. The molecular formula is C16H22N2O3. The molecule has 0 saturated carbocycles. The van der Waals surface area contributed by atoms with Crippen molar-refractivity contribution in [3.63, 3.8) is 0 Å². The van der Waals surface area contributed by atoms with Crippen LogP contribution in [-0.4, -0.2) is 30.3 Å². The van der Waals surface area contributed by atoms with E-state index in [4.69, 9.17) is 0 Å². The first-order chi connectivity index (χ1) is 10.1. The summed E-state index contributed by atoms with van der Waals surface area (Å²) in [5, 5.41) is 10.8. The molecule has 0 N–H and O–H groups in total. The molecule has 0 aromatic heterocycles. The Morgan fingerprint density at radius 2 is 2.24 bits per heavy atom. The van der Waals surface area contributed by atoms with Gasteiger partial charge in [0.15, 0.2) is 6.29 Å². The van der Waals surface area contributed by atoms with Crippen LogP contribution in [0.2, 0.25) is 0 Å². The van der Waals surface area contributed by atoms with Gasteiger partial charge in [0.25, 0.3) is 0 Å². The minimum atomic E-state index is -0.625. The van der Waals surface area contributed by atoms with Gasteiger partial charge in [0.1, 0.15) is 0 Å². The van der Waals surface area contributed by atoms with Crippen LogP contribution in [0.25, 0.3) is 0 Å². The van der Waals surface area contributed by atoms with Crippen molar-refractivity contribution in [2.45, 2.75) is 45.6 Å². The molecule has 0 spiro atoms. The van der Waals surface area contributed by atoms with E-state index < -0.39 is 6.04 Å². The van der Waals surface area contributed by atoms with E-state index in [2.05, 4.69) is 11.8 Å². The van der Waals surface area contributed by atoms with E-state index in [0.29, 0.717) is 12.0 Å². The number of nitro groups is 1. The number of nitrogens with zero attached hydrogens (tertiary/aromatic N) is 2. The molecule has 5 heteroatoms. The number of fused-ring (bicyclic) bond motifs is 1. The summed E-state index contributed by atoms with van der Waals surface area (Å²) in [5.74, 6) is 0. The molecule has 1 heterocycles. The fourth-order valence-electron chi connectivity index (χ4n) is 2.93. The molecule has 114 valence electrons. The van der Waals surface area contributed by atoms with Gasteiger partial charge in [0, 0.05) is 36.9 Å². The number of aldehydes is 1. The maximum absolute atomic E-state index is 11.4. The summed E-state index contributed by atoms with van der Waals surface area (Å²) in [6.45, 7) is 5.65. The van der Waals surface area contributed by atoms with E-state index in [0.717, 1.165) is 55.5 Å². The fourth-order valence-corrected chi connectivity index (χ4v) is 2.93. The van der Waals surface area contributed by atoms with Gasteiger partial charge >= 0.3 is 0 Å². The molecule has 1 aliphatic heterocycles. The number of unbranched alkanes of at least 4 members (excludes halogenated alkanes) is 1. The molecule has 0 bridgehead atoms. The lowest BCUT2D eigenvalue weighted by Crippen LogP contribution is -2.22. The van der Waals surface area contributed by atoms with Gasteiger partial charge in [-0.25, -0.2) is 0 Å². The lowest BCUT2D eigenvalue weighted by molar-refractivity contribution is -0.517. The molecule has 1 aromatic carbocycles. The van der Waals surface area contributed by atoms with Crippen LogP contribution < -0.4 is 4.90 Å². The Labute approximate surface area is 125 Å². The maximum atomic E-state index is 11.4. The van der Waals surface area contributed by atoms with Gasteiger partial charge in [-0.1, -0.05) is 19.4 Å². The second kappa shape index (κ2) is 6.70. The van der Waals surface area contributed by atoms with Crippen LogP contribution in [0.4, 0.5) is 5.69 Å². The van der Waals surface area contributed by atoms with Crippen molar-refractivity contribution < 1.29 is 9.72 Å². The second-order valence-corrected chi connectivity index (χ2v) is 5.74.